The smallest absolute Gasteiger partial charge is 0.193 e. The number of piperidine rings is 1. The number of nitrogens with zero attached hydrogens (tertiary/aromatic N) is 2. The minimum absolute atomic E-state index is 0.860. The lowest BCUT2D eigenvalue weighted by atomic mass is 10.00. The van der Waals surface area contributed by atoms with Crippen LogP contribution in [0.15, 0.2) is 35.3 Å². The number of benzene rings is 1. The fourth-order valence-corrected chi connectivity index (χ4v) is 2.52. The van der Waals surface area contributed by atoms with Gasteiger partial charge in [-0.05, 0) is 30.7 Å². The number of hydrogen-bond donors (Lipinski definition) is 1. The van der Waals surface area contributed by atoms with Crippen LogP contribution in [0.1, 0.15) is 25.3 Å². The van der Waals surface area contributed by atoms with Crippen molar-refractivity contribution in [2.75, 3.05) is 26.7 Å². The molecule has 0 spiro atoms. The molecule has 0 unspecified atom stereocenters. The summed E-state index contributed by atoms with van der Waals surface area (Å²) in [7, 11) is 1.88. The van der Waals surface area contributed by atoms with Crippen LogP contribution in [0.4, 0.5) is 0 Å². The van der Waals surface area contributed by atoms with Crippen LogP contribution in [0, 0.1) is 5.92 Å². The number of guanidine groups is 1. The molecule has 0 saturated carbocycles. The zero-order valence-electron chi connectivity index (χ0n) is 12.1. The third kappa shape index (κ3) is 4.27. The van der Waals surface area contributed by atoms with E-state index in [9.17, 15) is 0 Å². The van der Waals surface area contributed by atoms with Crippen LogP contribution in [-0.2, 0) is 6.42 Å². The largest absolute Gasteiger partial charge is 0.356 e. The van der Waals surface area contributed by atoms with E-state index in [2.05, 4.69) is 52.5 Å². The lowest BCUT2D eigenvalue weighted by molar-refractivity contribution is 0.273. The molecular weight excluding hydrogens is 234 g/mol. The molecule has 19 heavy (non-hydrogen) atoms. The summed E-state index contributed by atoms with van der Waals surface area (Å²) < 4.78 is 0. The van der Waals surface area contributed by atoms with E-state index in [-0.39, 0.29) is 0 Å². The Morgan fingerprint density at radius 3 is 2.58 bits per heavy atom. The molecule has 2 rings (SSSR count). The Kier molecular flexibility index (Phi) is 5.25. The summed E-state index contributed by atoms with van der Waals surface area (Å²) in [5.74, 6) is 1.92. The van der Waals surface area contributed by atoms with Crippen molar-refractivity contribution in [3.05, 3.63) is 35.9 Å². The summed E-state index contributed by atoms with van der Waals surface area (Å²) >= 11 is 0. The molecule has 1 saturated heterocycles. The third-order valence-electron chi connectivity index (χ3n) is 3.83. The van der Waals surface area contributed by atoms with Crippen molar-refractivity contribution in [2.45, 2.75) is 26.2 Å². The van der Waals surface area contributed by atoms with Gasteiger partial charge < -0.3 is 10.2 Å². The maximum absolute atomic E-state index is 4.40. The van der Waals surface area contributed by atoms with Gasteiger partial charge in [0.15, 0.2) is 5.96 Å². The van der Waals surface area contributed by atoms with Crippen molar-refractivity contribution in [3.63, 3.8) is 0 Å². The van der Waals surface area contributed by atoms with Gasteiger partial charge in [-0.3, -0.25) is 4.99 Å². The van der Waals surface area contributed by atoms with E-state index in [1.807, 2.05) is 7.05 Å². The van der Waals surface area contributed by atoms with Crippen molar-refractivity contribution in [1.29, 1.82) is 0 Å². The average molecular weight is 259 g/mol. The first-order valence-electron chi connectivity index (χ1n) is 7.29. The van der Waals surface area contributed by atoms with E-state index in [0.29, 0.717) is 0 Å². The van der Waals surface area contributed by atoms with Gasteiger partial charge in [0.2, 0.25) is 0 Å². The van der Waals surface area contributed by atoms with Gasteiger partial charge in [-0.15, -0.1) is 0 Å². The summed E-state index contributed by atoms with van der Waals surface area (Å²) in [6.45, 7) is 5.55. The minimum atomic E-state index is 0.860. The number of likely N-dealkylation sites (tertiary alicyclic amines) is 1. The van der Waals surface area contributed by atoms with Crippen LogP contribution < -0.4 is 5.32 Å². The highest BCUT2D eigenvalue weighted by Crippen LogP contribution is 2.15. The molecule has 0 radical (unpaired) electrons. The molecule has 104 valence electrons. The van der Waals surface area contributed by atoms with Gasteiger partial charge >= 0.3 is 0 Å². The number of rotatable bonds is 3. The van der Waals surface area contributed by atoms with Gasteiger partial charge in [-0.2, -0.15) is 0 Å². The lowest BCUT2D eigenvalue weighted by Crippen LogP contribution is -2.45. The van der Waals surface area contributed by atoms with Crippen molar-refractivity contribution in [1.82, 2.24) is 10.2 Å². The van der Waals surface area contributed by atoms with Crippen molar-refractivity contribution in [2.24, 2.45) is 10.9 Å². The Morgan fingerprint density at radius 1 is 1.26 bits per heavy atom. The molecule has 3 heteroatoms. The van der Waals surface area contributed by atoms with E-state index in [4.69, 9.17) is 0 Å². The Labute approximate surface area is 116 Å². The van der Waals surface area contributed by atoms with Gasteiger partial charge in [0.25, 0.3) is 0 Å². The average Bonchev–Trinajstić information content (AvgIpc) is 2.46. The van der Waals surface area contributed by atoms with Crippen LogP contribution in [0.5, 0.6) is 0 Å². The molecule has 1 aromatic rings. The van der Waals surface area contributed by atoms with Crippen LogP contribution in [-0.4, -0.2) is 37.5 Å². The topological polar surface area (TPSA) is 27.6 Å². The first kappa shape index (κ1) is 13.9. The zero-order chi connectivity index (χ0) is 13.5. The molecule has 1 aliphatic rings. The fraction of sp³-hybridized carbons (Fsp3) is 0.562. The summed E-state index contributed by atoms with van der Waals surface area (Å²) in [5.41, 5.74) is 1.37. The Hall–Kier alpha value is -1.51. The summed E-state index contributed by atoms with van der Waals surface area (Å²) in [6, 6.07) is 10.6. The molecule has 0 aromatic heterocycles. The van der Waals surface area contributed by atoms with Crippen LogP contribution >= 0.6 is 0 Å². The highest BCUT2D eigenvalue weighted by Gasteiger charge is 2.18. The quantitative estimate of drug-likeness (QED) is 0.667. The van der Waals surface area contributed by atoms with E-state index >= 15 is 0 Å². The minimum Gasteiger partial charge on any atom is -0.356 e. The molecule has 0 atom stereocenters. The van der Waals surface area contributed by atoms with Crippen LogP contribution in [0.2, 0.25) is 0 Å². The maximum Gasteiger partial charge on any atom is 0.193 e. The molecule has 1 N–H and O–H groups in total. The first-order chi connectivity index (χ1) is 9.29. The summed E-state index contributed by atoms with van der Waals surface area (Å²) in [4.78, 5) is 6.78. The van der Waals surface area contributed by atoms with Gasteiger partial charge in [0.05, 0.1) is 0 Å². The highest BCUT2D eigenvalue weighted by molar-refractivity contribution is 5.79. The standard InChI is InChI=1S/C16H25N3/c1-14-9-12-19(13-10-14)16(17-2)18-11-8-15-6-4-3-5-7-15/h3-7,14H,8-13H2,1-2H3,(H,17,18). The number of hydrogen-bond acceptors (Lipinski definition) is 1. The van der Waals surface area contributed by atoms with Gasteiger partial charge in [-0.25, -0.2) is 0 Å². The van der Waals surface area contributed by atoms with Gasteiger partial charge in [0.1, 0.15) is 0 Å². The van der Waals surface area contributed by atoms with Crippen molar-refractivity contribution < 1.29 is 0 Å². The molecule has 0 bridgehead atoms. The molecular formula is C16H25N3. The van der Waals surface area contributed by atoms with Crippen molar-refractivity contribution in [3.8, 4) is 0 Å². The Morgan fingerprint density at radius 2 is 1.95 bits per heavy atom. The summed E-state index contributed by atoms with van der Waals surface area (Å²) in [5, 5.41) is 3.48. The molecule has 0 aliphatic carbocycles. The second-order valence-corrected chi connectivity index (χ2v) is 5.38. The first-order valence-corrected chi connectivity index (χ1v) is 7.29. The normalized spacial score (nSPS) is 17.6. The van der Waals surface area contributed by atoms with Crippen molar-refractivity contribution >= 4 is 5.96 Å². The lowest BCUT2D eigenvalue weighted by Gasteiger charge is -2.32. The molecule has 1 fully saturated rings. The predicted molar refractivity (Wildman–Crippen MR) is 81.5 cm³/mol. The second kappa shape index (κ2) is 7.17. The third-order valence-corrected chi connectivity index (χ3v) is 3.83. The Balaban J connectivity index is 1.77. The summed E-state index contributed by atoms with van der Waals surface area (Å²) in [6.07, 6.45) is 3.60. The van der Waals surface area contributed by atoms with E-state index in [1.54, 1.807) is 0 Å². The predicted octanol–water partition coefficient (Wildman–Crippen LogP) is 2.54. The molecule has 1 aromatic carbocycles. The highest BCUT2D eigenvalue weighted by atomic mass is 15.3. The fourth-order valence-electron chi connectivity index (χ4n) is 2.52. The zero-order valence-corrected chi connectivity index (χ0v) is 12.1. The number of nitrogens with one attached hydrogen (secondary N) is 1. The molecule has 0 amide bonds. The molecule has 1 heterocycles. The van der Waals surface area contributed by atoms with Gasteiger partial charge in [-0.1, -0.05) is 37.3 Å². The van der Waals surface area contributed by atoms with E-state index < -0.39 is 0 Å². The second-order valence-electron chi connectivity index (χ2n) is 5.38. The van der Waals surface area contributed by atoms with Crippen LogP contribution in [0.25, 0.3) is 0 Å². The molecule has 3 nitrogen and oxygen atoms in total. The Bertz CT molecular complexity index is 392. The van der Waals surface area contributed by atoms with Gasteiger partial charge in [0, 0.05) is 26.7 Å². The molecule has 1 aliphatic heterocycles. The van der Waals surface area contributed by atoms with E-state index in [1.165, 1.54) is 18.4 Å². The monoisotopic (exact) mass is 259 g/mol. The SMILES string of the molecule is CN=C(NCCc1ccccc1)N1CCC(C)CC1. The van der Waals surface area contributed by atoms with Crippen LogP contribution in [0.3, 0.4) is 0 Å². The number of aliphatic imine (C=N–C) groups is 1. The van der Waals surface area contributed by atoms with E-state index in [0.717, 1.165) is 37.9 Å². The maximum atomic E-state index is 4.40.